The van der Waals surface area contributed by atoms with Gasteiger partial charge in [-0.1, -0.05) is 32.1 Å². The monoisotopic (exact) mass is 481 g/mol. The fraction of sp³-hybridized carbons (Fsp3) is 0.962. The van der Waals surface area contributed by atoms with E-state index in [1.807, 2.05) is 0 Å². The van der Waals surface area contributed by atoms with Crippen molar-refractivity contribution in [2.45, 2.75) is 113 Å². The maximum absolute atomic E-state index is 14.6. The molecule has 1 spiro atoms. The van der Waals surface area contributed by atoms with E-state index in [1.165, 1.54) is 32.1 Å². The van der Waals surface area contributed by atoms with Gasteiger partial charge >= 0.3 is 0 Å². The molecule has 8 heteroatoms. The van der Waals surface area contributed by atoms with Crippen molar-refractivity contribution < 1.29 is 13.9 Å². The van der Waals surface area contributed by atoms with Crippen LogP contribution in [-0.4, -0.2) is 62.7 Å². The number of rotatable bonds is 6. The van der Waals surface area contributed by atoms with Gasteiger partial charge in [0.2, 0.25) is 5.91 Å². The lowest BCUT2D eigenvalue weighted by Gasteiger charge is -2.51. The molecule has 2 saturated carbocycles. The number of hydrogen-bond donors (Lipinski definition) is 5. The van der Waals surface area contributed by atoms with Gasteiger partial charge in [0.1, 0.15) is 6.17 Å². The van der Waals surface area contributed by atoms with E-state index in [9.17, 15) is 9.18 Å². The highest BCUT2D eigenvalue weighted by atomic mass is 19.1. The van der Waals surface area contributed by atoms with Crippen LogP contribution in [0.5, 0.6) is 0 Å². The second-order valence-corrected chi connectivity index (χ2v) is 11.7. The number of carbonyl (C=O) groups excluding carboxylic acids is 1. The number of nitrogens with one attached hydrogen (secondary N) is 3. The third-order valence-corrected chi connectivity index (χ3v) is 9.61. The van der Waals surface area contributed by atoms with Gasteiger partial charge in [0.15, 0.2) is 0 Å². The molecule has 7 nitrogen and oxygen atoms in total. The van der Waals surface area contributed by atoms with Crippen molar-refractivity contribution in [2.75, 3.05) is 26.7 Å². The van der Waals surface area contributed by atoms with E-state index in [4.69, 9.17) is 16.2 Å². The molecule has 2 aliphatic heterocycles. The van der Waals surface area contributed by atoms with E-state index in [0.29, 0.717) is 18.9 Å². The van der Waals surface area contributed by atoms with Crippen LogP contribution >= 0.6 is 0 Å². The van der Waals surface area contributed by atoms with Crippen LogP contribution in [0.2, 0.25) is 0 Å². The molecule has 7 N–H and O–H groups in total. The van der Waals surface area contributed by atoms with Crippen LogP contribution in [-0.2, 0) is 9.53 Å². The predicted octanol–water partition coefficient (Wildman–Crippen LogP) is 2.33. The Hall–Kier alpha value is -0.800. The van der Waals surface area contributed by atoms with Gasteiger partial charge in [-0.2, -0.15) is 0 Å². The lowest BCUT2D eigenvalue weighted by Crippen LogP contribution is -2.71. The van der Waals surface area contributed by atoms with Crippen LogP contribution < -0.4 is 27.4 Å². The zero-order valence-electron chi connectivity index (χ0n) is 21.1. The van der Waals surface area contributed by atoms with Crippen LogP contribution in [0.1, 0.15) is 83.5 Å². The topological polar surface area (TPSA) is 114 Å². The van der Waals surface area contributed by atoms with E-state index < -0.39 is 23.8 Å². The molecule has 34 heavy (non-hydrogen) atoms. The smallest absolute Gasteiger partial charge is 0.228 e. The molecule has 4 aliphatic rings. The Kier molecular flexibility index (Phi) is 8.89. The molecular weight excluding hydrogens is 433 g/mol. The molecule has 0 aromatic heterocycles. The van der Waals surface area contributed by atoms with E-state index in [-0.39, 0.29) is 30.0 Å². The van der Waals surface area contributed by atoms with Crippen molar-refractivity contribution in [2.24, 2.45) is 28.7 Å². The molecule has 5 atom stereocenters. The minimum atomic E-state index is -0.896. The van der Waals surface area contributed by atoms with Crippen molar-refractivity contribution in [3.63, 3.8) is 0 Å². The molecule has 2 saturated heterocycles. The normalized spacial score (nSPS) is 36.2. The summed E-state index contributed by atoms with van der Waals surface area (Å²) in [5.41, 5.74) is 12.3. The van der Waals surface area contributed by atoms with Gasteiger partial charge in [-0.15, -0.1) is 0 Å². The van der Waals surface area contributed by atoms with Gasteiger partial charge in [-0.3, -0.25) is 4.79 Å². The molecule has 2 aliphatic carbocycles. The highest BCUT2D eigenvalue weighted by molar-refractivity contribution is 5.81. The van der Waals surface area contributed by atoms with Gasteiger partial charge in [-0.25, -0.2) is 4.39 Å². The molecule has 0 radical (unpaired) electrons. The minimum Gasteiger partial charge on any atom is -0.379 e. The molecule has 196 valence electrons. The summed E-state index contributed by atoms with van der Waals surface area (Å²) in [6.45, 7) is 1.84. The molecule has 4 rings (SSSR count). The Balaban J connectivity index is 1.59. The first-order chi connectivity index (χ1) is 16.4. The van der Waals surface area contributed by atoms with Crippen molar-refractivity contribution >= 4 is 5.91 Å². The average molecular weight is 482 g/mol. The first-order valence-corrected chi connectivity index (χ1v) is 13.8. The number of carbonyl (C=O) groups is 1. The molecular formula is C26H48FN5O2. The van der Waals surface area contributed by atoms with E-state index >= 15 is 0 Å². The molecule has 4 fully saturated rings. The lowest BCUT2D eigenvalue weighted by atomic mass is 9.68. The highest BCUT2D eigenvalue weighted by Gasteiger charge is 2.51. The van der Waals surface area contributed by atoms with E-state index in [0.717, 1.165) is 51.5 Å². The second kappa shape index (κ2) is 11.5. The lowest BCUT2D eigenvalue weighted by molar-refractivity contribution is -0.134. The quantitative estimate of drug-likeness (QED) is 0.372. The number of halogens is 1. The van der Waals surface area contributed by atoms with Crippen LogP contribution in [0.3, 0.4) is 0 Å². The highest BCUT2D eigenvalue weighted by Crippen LogP contribution is 2.47. The molecule has 0 bridgehead atoms. The zero-order valence-corrected chi connectivity index (χ0v) is 21.1. The summed E-state index contributed by atoms with van der Waals surface area (Å²) in [4.78, 5) is 14.1. The largest absolute Gasteiger partial charge is 0.379 e. The number of nitrogens with two attached hydrogens (primary N) is 2. The summed E-state index contributed by atoms with van der Waals surface area (Å²) in [6.07, 6.45) is 11.8. The summed E-state index contributed by atoms with van der Waals surface area (Å²) in [5, 5.41) is 10.4. The minimum absolute atomic E-state index is 0.0443. The number of piperidine rings is 1. The molecule has 0 aromatic rings. The van der Waals surface area contributed by atoms with E-state index in [1.54, 1.807) is 7.11 Å². The fourth-order valence-electron chi connectivity index (χ4n) is 7.74. The van der Waals surface area contributed by atoms with Gasteiger partial charge in [0.05, 0.1) is 23.7 Å². The van der Waals surface area contributed by atoms with Crippen LogP contribution in [0.15, 0.2) is 0 Å². The number of methoxy groups -OCH3 is 1. The summed E-state index contributed by atoms with van der Waals surface area (Å²) in [6, 6.07) is -0.224. The Bertz CT molecular complexity index is 668. The maximum atomic E-state index is 14.6. The van der Waals surface area contributed by atoms with Gasteiger partial charge in [0, 0.05) is 26.2 Å². The molecule has 2 heterocycles. The van der Waals surface area contributed by atoms with Crippen molar-refractivity contribution in [3.8, 4) is 0 Å². The van der Waals surface area contributed by atoms with E-state index in [2.05, 4.69) is 16.0 Å². The second-order valence-electron chi connectivity index (χ2n) is 11.7. The number of alkyl halides is 1. The average Bonchev–Trinajstić information content (AvgIpc) is 3.30. The molecule has 1 amide bonds. The Morgan fingerprint density at radius 1 is 1.06 bits per heavy atom. The summed E-state index contributed by atoms with van der Waals surface area (Å²) < 4.78 is 20.6. The third-order valence-electron chi connectivity index (χ3n) is 9.61. The third kappa shape index (κ3) is 5.61. The summed E-state index contributed by atoms with van der Waals surface area (Å²) in [5.74, 6) is -0.352. The maximum Gasteiger partial charge on any atom is 0.228 e. The number of ether oxygens (including phenoxy) is 1. The zero-order chi connectivity index (χ0) is 24.2. The fourth-order valence-corrected chi connectivity index (χ4v) is 7.74. The van der Waals surface area contributed by atoms with Crippen molar-refractivity contribution in [3.05, 3.63) is 0 Å². The Morgan fingerprint density at radius 3 is 2.47 bits per heavy atom. The van der Waals surface area contributed by atoms with Gasteiger partial charge < -0.3 is 32.2 Å². The van der Waals surface area contributed by atoms with Gasteiger partial charge in [-0.05, 0) is 69.2 Å². The Labute approximate surface area is 205 Å². The SMILES string of the molecule is COC1CCNCC1(NC(=O)C(C(N)N)C1CC2(CCCC2)CCC(F)CN1)C1CCCCC1. The first kappa shape index (κ1) is 26.3. The van der Waals surface area contributed by atoms with Crippen molar-refractivity contribution in [1.29, 1.82) is 0 Å². The van der Waals surface area contributed by atoms with Gasteiger partial charge in [0.25, 0.3) is 0 Å². The van der Waals surface area contributed by atoms with Crippen LogP contribution in [0.25, 0.3) is 0 Å². The number of hydrogen-bond acceptors (Lipinski definition) is 6. The first-order valence-electron chi connectivity index (χ1n) is 13.8. The number of amides is 1. The van der Waals surface area contributed by atoms with Crippen molar-refractivity contribution in [1.82, 2.24) is 16.0 Å². The summed E-state index contributed by atoms with van der Waals surface area (Å²) >= 11 is 0. The van der Waals surface area contributed by atoms with Crippen LogP contribution in [0, 0.1) is 17.3 Å². The standard InChI is InChI=1S/C26H48FN5O2/c1-34-21-10-14-30-17-26(21,18-7-3-2-4-8-18)32-24(33)22(23(28)29)20-15-25(11-5-6-12-25)13-9-19(27)16-31-20/h18-23,30-31H,2-17,28-29H2,1H3,(H,32,33). The predicted molar refractivity (Wildman–Crippen MR) is 133 cm³/mol. The molecule has 0 aromatic carbocycles. The Morgan fingerprint density at radius 2 is 1.79 bits per heavy atom. The molecule has 5 unspecified atom stereocenters. The van der Waals surface area contributed by atoms with Crippen LogP contribution in [0.4, 0.5) is 4.39 Å². The summed E-state index contributed by atoms with van der Waals surface area (Å²) in [7, 11) is 1.76.